The summed E-state index contributed by atoms with van der Waals surface area (Å²) in [7, 11) is -1.94. The van der Waals surface area contributed by atoms with Gasteiger partial charge in [0, 0.05) is 0 Å². The minimum Gasteiger partial charge on any atom is -0.497 e. The van der Waals surface area contributed by atoms with E-state index in [0.29, 0.717) is 10.6 Å². The highest BCUT2D eigenvalue weighted by Gasteiger charge is 2.23. The standard InChI is InChI=1S/C19H24O3S/c1-5-19(3,6-2)15-7-11-17(12-8-15)23(20,21)18-13-9-16(22-4)10-14-18/h7-14H,5-6H2,1-4H3. The number of sulfone groups is 1. The minimum absolute atomic E-state index is 0.0857. The van der Waals surface area contributed by atoms with E-state index in [2.05, 4.69) is 20.8 Å². The SMILES string of the molecule is CCC(C)(CC)c1ccc(S(=O)(=O)c2ccc(OC)cc2)cc1. The van der Waals surface area contributed by atoms with Crippen molar-refractivity contribution in [2.24, 2.45) is 0 Å². The first kappa shape index (κ1) is 17.5. The van der Waals surface area contributed by atoms with Crippen molar-refractivity contribution in [3.8, 4) is 5.75 Å². The lowest BCUT2D eigenvalue weighted by Gasteiger charge is -2.27. The zero-order chi connectivity index (χ0) is 17.1. The van der Waals surface area contributed by atoms with Gasteiger partial charge in [-0.1, -0.05) is 32.9 Å². The second-order valence-electron chi connectivity index (χ2n) is 5.97. The molecule has 2 aromatic carbocycles. The van der Waals surface area contributed by atoms with Crippen LogP contribution in [-0.2, 0) is 15.3 Å². The first-order valence-electron chi connectivity index (χ1n) is 7.87. The van der Waals surface area contributed by atoms with E-state index in [9.17, 15) is 8.42 Å². The Labute approximate surface area is 139 Å². The Bertz CT molecular complexity index is 740. The van der Waals surface area contributed by atoms with Gasteiger partial charge in [0.25, 0.3) is 0 Å². The molecule has 124 valence electrons. The van der Waals surface area contributed by atoms with Crippen molar-refractivity contribution in [3.05, 3.63) is 54.1 Å². The molecule has 23 heavy (non-hydrogen) atoms. The van der Waals surface area contributed by atoms with E-state index in [4.69, 9.17) is 4.74 Å². The summed E-state index contributed by atoms with van der Waals surface area (Å²) in [6, 6.07) is 13.7. The number of hydrogen-bond acceptors (Lipinski definition) is 3. The van der Waals surface area contributed by atoms with Gasteiger partial charge in [0.05, 0.1) is 16.9 Å². The van der Waals surface area contributed by atoms with Gasteiger partial charge in [-0.2, -0.15) is 0 Å². The molecule has 0 heterocycles. The summed E-state index contributed by atoms with van der Waals surface area (Å²) in [5, 5.41) is 0. The predicted octanol–water partition coefficient (Wildman–Crippen LogP) is 4.61. The highest BCUT2D eigenvalue weighted by atomic mass is 32.2. The third-order valence-electron chi connectivity index (χ3n) is 4.79. The summed E-state index contributed by atoms with van der Waals surface area (Å²) in [4.78, 5) is 0.598. The average Bonchev–Trinajstić information content (AvgIpc) is 2.61. The molecule has 0 aliphatic carbocycles. The Kier molecular flexibility index (Phi) is 5.15. The van der Waals surface area contributed by atoms with Gasteiger partial charge in [-0.05, 0) is 60.2 Å². The van der Waals surface area contributed by atoms with Gasteiger partial charge in [0.15, 0.2) is 0 Å². The maximum atomic E-state index is 12.7. The molecule has 0 amide bonds. The maximum absolute atomic E-state index is 12.7. The lowest BCUT2D eigenvalue weighted by Crippen LogP contribution is -2.19. The van der Waals surface area contributed by atoms with Crippen LogP contribution in [0.25, 0.3) is 0 Å². The largest absolute Gasteiger partial charge is 0.497 e. The lowest BCUT2D eigenvalue weighted by atomic mass is 9.78. The fourth-order valence-electron chi connectivity index (χ4n) is 2.59. The van der Waals surface area contributed by atoms with Crippen molar-refractivity contribution in [2.75, 3.05) is 7.11 Å². The molecule has 0 fully saturated rings. The number of methoxy groups -OCH3 is 1. The molecule has 2 aromatic rings. The third-order valence-corrected chi connectivity index (χ3v) is 6.58. The van der Waals surface area contributed by atoms with E-state index in [1.54, 1.807) is 43.5 Å². The molecule has 0 saturated heterocycles. The molecule has 0 aliphatic rings. The Hall–Kier alpha value is -1.81. The van der Waals surface area contributed by atoms with Crippen LogP contribution in [0.4, 0.5) is 0 Å². The van der Waals surface area contributed by atoms with Crippen LogP contribution < -0.4 is 4.74 Å². The minimum atomic E-state index is -3.50. The monoisotopic (exact) mass is 332 g/mol. The first-order chi connectivity index (χ1) is 10.9. The summed E-state index contributed by atoms with van der Waals surface area (Å²) in [5.74, 6) is 0.640. The van der Waals surface area contributed by atoms with E-state index in [1.165, 1.54) is 5.56 Å². The van der Waals surface area contributed by atoms with Gasteiger partial charge in [0.2, 0.25) is 9.84 Å². The van der Waals surface area contributed by atoms with Crippen molar-refractivity contribution >= 4 is 9.84 Å². The molecule has 0 aromatic heterocycles. The van der Waals surface area contributed by atoms with Crippen molar-refractivity contribution in [2.45, 2.75) is 48.8 Å². The summed E-state index contributed by atoms with van der Waals surface area (Å²) < 4.78 is 30.5. The molecule has 0 unspecified atom stereocenters. The van der Waals surface area contributed by atoms with Crippen molar-refractivity contribution in [1.82, 2.24) is 0 Å². The molecule has 0 spiro atoms. The van der Waals surface area contributed by atoms with Crippen LogP contribution >= 0.6 is 0 Å². The Balaban J connectivity index is 2.37. The smallest absolute Gasteiger partial charge is 0.206 e. The van der Waals surface area contributed by atoms with Crippen molar-refractivity contribution < 1.29 is 13.2 Å². The molecule has 3 nitrogen and oxygen atoms in total. The van der Waals surface area contributed by atoms with Gasteiger partial charge in [0.1, 0.15) is 5.75 Å². The van der Waals surface area contributed by atoms with Crippen LogP contribution in [-0.4, -0.2) is 15.5 Å². The topological polar surface area (TPSA) is 43.4 Å². The van der Waals surface area contributed by atoms with E-state index < -0.39 is 9.84 Å². The van der Waals surface area contributed by atoms with Gasteiger partial charge in [-0.3, -0.25) is 0 Å². The fourth-order valence-corrected chi connectivity index (χ4v) is 3.85. The van der Waals surface area contributed by atoms with E-state index in [1.807, 2.05) is 12.1 Å². The van der Waals surface area contributed by atoms with Gasteiger partial charge in [-0.15, -0.1) is 0 Å². The Morgan fingerprint density at radius 3 is 1.70 bits per heavy atom. The van der Waals surface area contributed by atoms with Crippen molar-refractivity contribution in [3.63, 3.8) is 0 Å². The number of benzene rings is 2. The Morgan fingerprint density at radius 2 is 1.30 bits per heavy atom. The van der Waals surface area contributed by atoms with E-state index in [-0.39, 0.29) is 10.3 Å². The van der Waals surface area contributed by atoms with Gasteiger partial charge < -0.3 is 4.74 Å². The molecule has 0 radical (unpaired) electrons. The van der Waals surface area contributed by atoms with Crippen LogP contribution in [0.3, 0.4) is 0 Å². The summed E-state index contributed by atoms with van der Waals surface area (Å²) in [5.41, 5.74) is 1.26. The third kappa shape index (κ3) is 3.42. The number of hydrogen-bond donors (Lipinski definition) is 0. The summed E-state index contributed by atoms with van der Waals surface area (Å²) >= 11 is 0. The first-order valence-corrected chi connectivity index (χ1v) is 9.35. The second kappa shape index (κ2) is 6.75. The van der Waals surface area contributed by atoms with E-state index in [0.717, 1.165) is 12.8 Å². The summed E-state index contributed by atoms with van der Waals surface area (Å²) in [6.07, 6.45) is 2.04. The molecule has 0 atom stereocenters. The average molecular weight is 332 g/mol. The Morgan fingerprint density at radius 1 is 0.870 bits per heavy atom. The number of ether oxygens (including phenoxy) is 1. The quantitative estimate of drug-likeness (QED) is 0.776. The molecule has 0 N–H and O–H groups in total. The molecule has 4 heteroatoms. The fraction of sp³-hybridized carbons (Fsp3) is 0.368. The zero-order valence-electron chi connectivity index (χ0n) is 14.2. The highest BCUT2D eigenvalue weighted by Crippen LogP contribution is 2.32. The normalized spacial score (nSPS) is 12.2. The van der Waals surface area contributed by atoms with Crippen LogP contribution in [0.1, 0.15) is 39.2 Å². The molecular formula is C19H24O3S. The summed E-state index contributed by atoms with van der Waals surface area (Å²) in [6.45, 7) is 6.52. The highest BCUT2D eigenvalue weighted by molar-refractivity contribution is 7.91. The van der Waals surface area contributed by atoms with Crippen LogP contribution in [0, 0.1) is 0 Å². The molecule has 0 aliphatic heterocycles. The molecule has 0 saturated carbocycles. The van der Waals surface area contributed by atoms with Gasteiger partial charge in [-0.25, -0.2) is 8.42 Å². The molecule has 2 rings (SSSR count). The van der Waals surface area contributed by atoms with E-state index >= 15 is 0 Å². The molecular weight excluding hydrogens is 308 g/mol. The van der Waals surface area contributed by atoms with Crippen LogP contribution in [0.15, 0.2) is 58.3 Å². The lowest BCUT2D eigenvalue weighted by molar-refractivity contribution is 0.414. The zero-order valence-corrected chi connectivity index (χ0v) is 15.0. The predicted molar refractivity (Wildman–Crippen MR) is 92.8 cm³/mol. The van der Waals surface area contributed by atoms with Crippen molar-refractivity contribution in [1.29, 1.82) is 0 Å². The second-order valence-corrected chi connectivity index (χ2v) is 7.92. The maximum Gasteiger partial charge on any atom is 0.206 e. The van der Waals surface area contributed by atoms with Crippen LogP contribution in [0.5, 0.6) is 5.75 Å². The number of rotatable bonds is 6. The van der Waals surface area contributed by atoms with Crippen LogP contribution in [0.2, 0.25) is 0 Å². The van der Waals surface area contributed by atoms with Gasteiger partial charge >= 0.3 is 0 Å². The molecule has 0 bridgehead atoms.